The summed E-state index contributed by atoms with van der Waals surface area (Å²) in [5.74, 6) is 1.36. The Labute approximate surface area is 123 Å². The number of hydrogen-bond donors (Lipinski definition) is 1. The maximum Gasteiger partial charge on any atom is 0.181 e. The fourth-order valence-electron chi connectivity index (χ4n) is 2.06. The van der Waals surface area contributed by atoms with Gasteiger partial charge in [-0.2, -0.15) is 0 Å². The van der Waals surface area contributed by atoms with E-state index in [1.54, 1.807) is 18.6 Å². The summed E-state index contributed by atoms with van der Waals surface area (Å²) in [4.78, 5) is 11.4. The van der Waals surface area contributed by atoms with E-state index in [1.165, 1.54) is 5.56 Å². The molecule has 3 rings (SSSR count). The summed E-state index contributed by atoms with van der Waals surface area (Å²) in [7, 11) is 0. The molecule has 0 bridgehead atoms. The number of H-pyrrole nitrogens is 1. The number of nitrogens with zero attached hydrogens (tertiary/aromatic N) is 4. The SMILES string of the molecule is CC(C)(C)c1ccc(-c2nnc(-c3cnccn3)[nH]2)cc1. The second-order valence-corrected chi connectivity index (χ2v) is 5.94. The molecule has 3 aromatic rings. The highest BCUT2D eigenvalue weighted by Gasteiger charge is 2.14. The average Bonchev–Trinajstić information content (AvgIpc) is 2.97. The molecule has 1 aromatic carbocycles. The molecule has 0 aliphatic heterocycles. The second-order valence-electron chi connectivity index (χ2n) is 5.94. The Morgan fingerprint density at radius 3 is 2.24 bits per heavy atom. The lowest BCUT2D eigenvalue weighted by molar-refractivity contribution is 0.590. The topological polar surface area (TPSA) is 67.3 Å². The van der Waals surface area contributed by atoms with Crippen molar-refractivity contribution in [1.29, 1.82) is 0 Å². The van der Waals surface area contributed by atoms with E-state index in [-0.39, 0.29) is 5.41 Å². The maximum absolute atomic E-state index is 4.21. The van der Waals surface area contributed by atoms with Gasteiger partial charge in [0, 0.05) is 18.0 Å². The zero-order chi connectivity index (χ0) is 14.9. The van der Waals surface area contributed by atoms with Crippen LogP contribution in [0.1, 0.15) is 26.3 Å². The Balaban J connectivity index is 1.90. The van der Waals surface area contributed by atoms with Crippen molar-refractivity contribution in [2.45, 2.75) is 26.2 Å². The highest BCUT2D eigenvalue weighted by atomic mass is 15.2. The van der Waals surface area contributed by atoms with Gasteiger partial charge in [-0.25, -0.2) is 4.98 Å². The molecule has 0 aliphatic carbocycles. The molecule has 0 fully saturated rings. The van der Waals surface area contributed by atoms with Crippen molar-refractivity contribution in [3.8, 4) is 22.9 Å². The molecule has 2 heterocycles. The molecule has 21 heavy (non-hydrogen) atoms. The molecule has 2 aromatic heterocycles. The Kier molecular flexibility index (Phi) is 3.25. The largest absolute Gasteiger partial charge is 0.320 e. The van der Waals surface area contributed by atoms with E-state index >= 15 is 0 Å². The monoisotopic (exact) mass is 279 g/mol. The number of benzene rings is 1. The molecular weight excluding hydrogens is 262 g/mol. The van der Waals surface area contributed by atoms with Crippen LogP contribution in [-0.4, -0.2) is 25.1 Å². The fraction of sp³-hybridized carbons (Fsp3) is 0.250. The first kappa shape index (κ1) is 13.4. The zero-order valence-corrected chi connectivity index (χ0v) is 12.3. The molecule has 0 saturated carbocycles. The van der Waals surface area contributed by atoms with Crippen molar-refractivity contribution in [2.24, 2.45) is 0 Å². The van der Waals surface area contributed by atoms with Gasteiger partial charge in [-0.15, -0.1) is 10.2 Å². The smallest absolute Gasteiger partial charge is 0.181 e. The third-order valence-electron chi connectivity index (χ3n) is 3.32. The van der Waals surface area contributed by atoms with Crippen LogP contribution in [0.2, 0.25) is 0 Å². The van der Waals surface area contributed by atoms with Crippen molar-refractivity contribution < 1.29 is 0 Å². The number of aromatic nitrogens is 5. The van der Waals surface area contributed by atoms with Gasteiger partial charge in [0.2, 0.25) is 0 Å². The van der Waals surface area contributed by atoms with E-state index in [9.17, 15) is 0 Å². The van der Waals surface area contributed by atoms with Crippen molar-refractivity contribution >= 4 is 0 Å². The van der Waals surface area contributed by atoms with Gasteiger partial charge in [0.05, 0.1) is 6.20 Å². The minimum absolute atomic E-state index is 0.144. The van der Waals surface area contributed by atoms with Crippen molar-refractivity contribution in [1.82, 2.24) is 25.1 Å². The third-order valence-corrected chi connectivity index (χ3v) is 3.32. The minimum atomic E-state index is 0.144. The van der Waals surface area contributed by atoms with Crippen LogP contribution in [0, 0.1) is 0 Å². The summed E-state index contributed by atoms with van der Waals surface area (Å²) in [6, 6.07) is 8.36. The van der Waals surface area contributed by atoms with Gasteiger partial charge in [-0.3, -0.25) is 4.98 Å². The minimum Gasteiger partial charge on any atom is -0.320 e. The Morgan fingerprint density at radius 2 is 1.62 bits per heavy atom. The van der Waals surface area contributed by atoms with Crippen LogP contribution in [0.5, 0.6) is 0 Å². The summed E-state index contributed by atoms with van der Waals surface area (Å²) in [6.45, 7) is 6.59. The quantitative estimate of drug-likeness (QED) is 0.782. The van der Waals surface area contributed by atoms with Crippen LogP contribution >= 0.6 is 0 Å². The van der Waals surface area contributed by atoms with E-state index in [1.807, 2.05) is 0 Å². The van der Waals surface area contributed by atoms with Crippen LogP contribution in [0.25, 0.3) is 22.9 Å². The number of aromatic amines is 1. The number of hydrogen-bond acceptors (Lipinski definition) is 4. The highest BCUT2D eigenvalue weighted by Crippen LogP contribution is 2.25. The van der Waals surface area contributed by atoms with Crippen LogP contribution < -0.4 is 0 Å². The molecule has 1 N–H and O–H groups in total. The van der Waals surface area contributed by atoms with E-state index in [0.717, 1.165) is 11.4 Å². The first-order valence-corrected chi connectivity index (χ1v) is 6.84. The van der Waals surface area contributed by atoms with Gasteiger partial charge in [-0.1, -0.05) is 45.0 Å². The van der Waals surface area contributed by atoms with Crippen LogP contribution in [0.15, 0.2) is 42.9 Å². The zero-order valence-electron chi connectivity index (χ0n) is 12.3. The van der Waals surface area contributed by atoms with E-state index < -0.39 is 0 Å². The molecule has 106 valence electrons. The second kappa shape index (κ2) is 5.09. The first-order valence-electron chi connectivity index (χ1n) is 6.84. The normalized spacial score (nSPS) is 11.6. The molecule has 0 saturated heterocycles. The molecule has 0 amide bonds. The Morgan fingerprint density at radius 1 is 0.905 bits per heavy atom. The van der Waals surface area contributed by atoms with Gasteiger partial charge in [0.25, 0.3) is 0 Å². The fourth-order valence-corrected chi connectivity index (χ4v) is 2.06. The van der Waals surface area contributed by atoms with Crippen LogP contribution in [0.3, 0.4) is 0 Å². The lowest BCUT2D eigenvalue weighted by Gasteiger charge is -2.18. The Bertz CT molecular complexity index is 723. The molecule has 5 nitrogen and oxygen atoms in total. The summed E-state index contributed by atoms with van der Waals surface area (Å²) >= 11 is 0. The first-order chi connectivity index (χ1) is 10.0. The summed E-state index contributed by atoms with van der Waals surface area (Å²) in [5.41, 5.74) is 3.12. The number of rotatable bonds is 2. The molecule has 0 radical (unpaired) electrons. The predicted molar refractivity (Wildman–Crippen MR) is 81.5 cm³/mol. The van der Waals surface area contributed by atoms with Crippen molar-refractivity contribution in [3.05, 3.63) is 48.4 Å². The molecule has 0 spiro atoms. The standard InChI is InChI=1S/C16H17N5/c1-16(2,3)12-6-4-11(5-7-12)14-19-15(21-20-14)13-10-17-8-9-18-13/h4-10H,1-3H3,(H,19,20,21). The van der Waals surface area contributed by atoms with Gasteiger partial charge in [0.1, 0.15) is 5.69 Å². The van der Waals surface area contributed by atoms with E-state index in [0.29, 0.717) is 11.5 Å². The summed E-state index contributed by atoms with van der Waals surface area (Å²) < 4.78 is 0. The average molecular weight is 279 g/mol. The summed E-state index contributed by atoms with van der Waals surface area (Å²) in [5, 5.41) is 8.31. The van der Waals surface area contributed by atoms with Crippen molar-refractivity contribution in [3.63, 3.8) is 0 Å². The third kappa shape index (κ3) is 2.81. The van der Waals surface area contributed by atoms with Gasteiger partial charge in [0.15, 0.2) is 11.6 Å². The van der Waals surface area contributed by atoms with Crippen LogP contribution in [0.4, 0.5) is 0 Å². The summed E-state index contributed by atoms with van der Waals surface area (Å²) in [6.07, 6.45) is 4.93. The predicted octanol–water partition coefficient (Wildman–Crippen LogP) is 3.23. The van der Waals surface area contributed by atoms with Crippen LogP contribution in [-0.2, 0) is 5.41 Å². The van der Waals surface area contributed by atoms with Crippen molar-refractivity contribution in [2.75, 3.05) is 0 Å². The molecular formula is C16H17N5. The van der Waals surface area contributed by atoms with Gasteiger partial charge < -0.3 is 4.98 Å². The maximum atomic E-state index is 4.21. The van der Waals surface area contributed by atoms with Gasteiger partial charge >= 0.3 is 0 Å². The van der Waals surface area contributed by atoms with E-state index in [2.05, 4.69) is 70.2 Å². The lowest BCUT2D eigenvalue weighted by atomic mass is 9.87. The van der Waals surface area contributed by atoms with E-state index in [4.69, 9.17) is 0 Å². The highest BCUT2D eigenvalue weighted by molar-refractivity contribution is 5.59. The molecule has 0 aliphatic rings. The lowest BCUT2D eigenvalue weighted by Crippen LogP contribution is -2.10. The number of nitrogens with one attached hydrogen (secondary N) is 1. The molecule has 0 unspecified atom stereocenters. The Hall–Kier alpha value is -2.56. The molecule has 0 atom stereocenters. The van der Waals surface area contributed by atoms with Gasteiger partial charge in [-0.05, 0) is 11.0 Å². The molecule has 5 heteroatoms.